The number of nitrogens with zero attached hydrogens (tertiary/aromatic N) is 1. The number of furan rings is 1. The van der Waals surface area contributed by atoms with Gasteiger partial charge < -0.3 is 20.8 Å². The monoisotopic (exact) mass is 496 g/mol. The molecule has 1 atom stereocenters. The molecule has 2 aromatic rings. The lowest BCUT2D eigenvalue weighted by molar-refractivity contribution is 0.0972. The summed E-state index contributed by atoms with van der Waals surface area (Å²) < 4.78 is 5.31. The van der Waals surface area contributed by atoms with Crippen LogP contribution >= 0.6 is 47.2 Å². The first-order valence-electron chi connectivity index (χ1n) is 7.21. The van der Waals surface area contributed by atoms with Crippen LogP contribution in [-0.2, 0) is 6.54 Å². The number of carbonyl (C=O) groups is 1. The largest absolute Gasteiger partial charge is 0.454 e. The van der Waals surface area contributed by atoms with Crippen molar-refractivity contribution in [3.63, 3.8) is 0 Å². The summed E-state index contributed by atoms with van der Waals surface area (Å²) in [7, 11) is 1.66. The second-order valence-electron chi connectivity index (χ2n) is 5.10. The van der Waals surface area contributed by atoms with E-state index in [9.17, 15) is 4.79 Å². The van der Waals surface area contributed by atoms with Crippen LogP contribution in [0.5, 0.6) is 0 Å². The highest BCUT2D eigenvalue weighted by molar-refractivity contribution is 14.0. The second-order valence-corrected chi connectivity index (χ2v) is 5.91. The molecule has 9 heteroatoms. The van der Waals surface area contributed by atoms with Crippen molar-refractivity contribution in [2.75, 3.05) is 7.05 Å². The molecule has 1 aromatic heterocycles. The number of guanidine groups is 1. The molecule has 0 aliphatic carbocycles. The minimum absolute atomic E-state index is 0. The van der Waals surface area contributed by atoms with Crippen molar-refractivity contribution in [3.8, 4) is 0 Å². The summed E-state index contributed by atoms with van der Waals surface area (Å²) in [5, 5.41) is 7.34. The van der Waals surface area contributed by atoms with Crippen molar-refractivity contribution in [1.29, 1.82) is 0 Å². The van der Waals surface area contributed by atoms with Crippen LogP contribution in [0.25, 0.3) is 0 Å². The van der Waals surface area contributed by atoms with Crippen LogP contribution in [0.4, 0.5) is 0 Å². The fourth-order valence-electron chi connectivity index (χ4n) is 2.04. The number of benzene rings is 1. The van der Waals surface area contributed by atoms with Gasteiger partial charge in [-0.15, -0.1) is 24.0 Å². The van der Waals surface area contributed by atoms with Gasteiger partial charge in [0.1, 0.15) is 5.76 Å². The van der Waals surface area contributed by atoms with Crippen molar-refractivity contribution in [2.45, 2.75) is 19.5 Å². The first-order chi connectivity index (χ1) is 11.4. The van der Waals surface area contributed by atoms with Gasteiger partial charge in [0.2, 0.25) is 0 Å². The van der Waals surface area contributed by atoms with Crippen LogP contribution in [0.3, 0.4) is 0 Å². The lowest BCUT2D eigenvalue weighted by atomic mass is 10.1. The van der Waals surface area contributed by atoms with Crippen LogP contribution in [0, 0.1) is 0 Å². The van der Waals surface area contributed by atoms with E-state index in [1.807, 2.05) is 13.0 Å². The Hall–Kier alpha value is -1.45. The van der Waals surface area contributed by atoms with E-state index >= 15 is 0 Å². The molecule has 0 saturated heterocycles. The number of nitrogens with one attached hydrogen (secondary N) is 2. The number of hydrogen-bond acceptors (Lipinski definition) is 3. The van der Waals surface area contributed by atoms with Gasteiger partial charge in [0.25, 0.3) is 5.91 Å². The Bertz CT molecular complexity index is 764. The highest BCUT2D eigenvalue weighted by Crippen LogP contribution is 2.25. The molecule has 25 heavy (non-hydrogen) atoms. The van der Waals surface area contributed by atoms with E-state index in [1.54, 1.807) is 25.2 Å². The van der Waals surface area contributed by atoms with Gasteiger partial charge in [-0.2, -0.15) is 0 Å². The Kier molecular flexibility index (Phi) is 8.54. The number of primary amides is 1. The number of aliphatic imine (C=N–C) groups is 1. The maximum atomic E-state index is 11.0. The summed E-state index contributed by atoms with van der Waals surface area (Å²) in [4.78, 5) is 15.2. The van der Waals surface area contributed by atoms with Crippen LogP contribution in [0.15, 0.2) is 39.7 Å². The van der Waals surface area contributed by atoms with Gasteiger partial charge >= 0.3 is 0 Å². The van der Waals surface area contributed by atoms with Crippen molar-refractivity contribution in [3.05, 3.63) is 57.5 Å². The highest BCUT2D eigenvalue weighted by atomic mass is 127. The standard InChI is InChI=1S/C16H18Cl2N4O2.HI/c1-9(10-3-5-12(17)13(18)7-10)22-16(20-2)21-8-11-4-6-14(24-11)15(19)23;/h3-7,9H,8H2,1-2H3,(H2,19,23)(H2,20,21,22);1H. The predicted molar refractivity (Wildman–Crippen MR) is 111 cm³/mol. The Balaban J connectivity index is 0.00000312. The third kappa shape index (κ3) is 6.09. The molecular formula is C16H19Cl2IN4O2. The van der Waals surface area contributed by atoms with Crippen LogP contribution < -0.4 is 16.4 Å². The highest BCUT2D eigenvalue weighted by Gasteiger charge is 2.11. The van der Waals surface area contributed by atoms with Gasteiger partial charge in [-0.3, -0.25) is 9.79 Å². The summed E-state index contributed by atoms with van der Waals surface area (Å²) in [5.74, 6) is 0.676. The van der Waals surface area contributed by atoms with E-state index in [0.717, 1.165) is 5.56 Å². The Labute approximate surface area is 173 Å². The lowest BCUT2D eigenvalue weighted by Crippen LogP contribution is -2.38. The number of halogens is 3. The first kappa shape index (κ1) is 21.6. The topological polar surface area (TPSA) is 92.6 Å². The van der Waals surface area contributed by atoms with Gasteiger partial charge in [-0.25, -0.2) is 0 Å². The molecule has 0 aliphatic heterocycles. The normalized spacial score (nSPS) is 12.2. The molecule has 1 amide bonds. The van der Waals surface area contributed by atoms with Gasteiger partial charge in [0, 0.05) is 7.05 Å². The summed E-state index contributed by atoms with van der Waals surface area (Å²) in [6, 6.07) is 8.63. The van der Waals surface area contributed by atoms with E-state index < -0.39 is 5.91 Å². The molecule has 136 valence electrons. The number of hydrogen-bond donors (Lipinski definition) is 3. The smallest absolute Gasteiger partial charge is 0.284 e. The van der Waals surface area contributed by atoms with E-state index in [0.29, 0.717) is 28.3 Å². The fraction of sp³-hybridized carbons (Fsp3) is 0.250. The Morgan fingerprint density at radius 3 is 2.56 bits per heavy atom. The predicted octanol–water partition coefficient (Wildman–Crippen LogP) is 3.73. The molecule has 6 nitrogen and oxygen atoms in total. The van der Waals surface area contributed by atoms with Crippen LogP contribution in [-0.4, -0.2) is 18.9 Å². The second kappa shape index (κ2) is 9.88. The Morgan fingerprint density at radius 2 is 2.00 bits per heavy atom. The summed E-state index contributed by atoms with van der Waals surface area (Å²) in [5.41, 5.74) is 6.13. The third-order valence-corrected chi connectivity index (χ3v) is 4.09. The average molecular weight is 497 g/mol. The quantitative estimate of drug-likeness (QED) is 0.334. The van der Waals surface area contributed by atoms with Crippen molar-refractivity contribution < 1.29 is 9.21 Å². The molecule has 0 fully saturated rings. The zero-order chi connectivity index (χ0) is 17.7. The molecular weight excluding hydrogens is 478 g/mol. The molecule has 0 spiro atoms. The molecule has 0 aliphatic rings. The van der Waals surface area contributed by atoms with E-state index in [-0.39, 0.29) is 35.8 Å². The Morgan fingerprint density at radius 1 is 1.28 bits per heavy atom. The average Bonchev–Trinajstić information content (AvgIpc) is 3.03. The van der Waals surface area contributed by atoms with Gasteiger partial charge in [0.05, 0.1) is 22.6 Å². The maximum absolute atomic E-state index is 11.0. The number of rotatable bonds is 5. The lowest BCUT2D eigenvalue weighted by Gasteiger charge is -2.18. The minimum atomic E-state index is -0.600. The molecule has 1 unspecified atom stereocenters. The first-order valence-corrected chi connectivity index (χ1v) is 7.97. The van der Waals surface area contributed by atoms with Gasteiger partial charge in [-0.1, -0.05) is 29.3 Å². The summed E-state index contributed by atoms with van der Waals surface area (Å²) in [6.45, 7) is 2.34. The number of carbonyl (C=O) groups excluding carboxylic acids is 1. The molecule has 0 bridgehead atoms. The zero-order valence-corrected chi connectivity index (χ0v) is 17.5. The fourth-order valence-corrected chi connectivity index (χ4v) is 2.35. The number of amides is 1. The molecule has 1 aromatic carbocycles. The van der Waals surface area contributed by atoms with Gasteiger partial charge in [-0.05, 0) is 36.8 Å². The van der Waals surface area contributed by atoms with Gasteiger partial charge in [0.15, 0.2) is 11.7 Å². The summed E-state index contributed by atoms with van der Waals surface area (Å²) in [6.07, 6.45) is 0. The van der Waals surface area contributed by atoms with Crippen LogP contribution in [0.2, 0.25) is 10.0 Å². The van der Waals surface area contributed by atoms with E-state index in [4.69, 9.17) is 33.4 Å². The maximum Gasteiger partial charge on any atom is 0.284 e. The number of nitrogens with two attached hydrogens (primary N) is 1. The van der Waals surface area contributed by atoms with E-state index in [1.165, 1.54) is 6.07 Å². The molecule has 0 radical (unpaired) electrons. The van der Waals surface area contributed by atoms with Crippen LogP contribution in [0.1, 0.15) is 34.8 Å². The third-order valence-electron chi connectivity index (χ3n) is 3.36. The van der Waals surface area contributed by atoms with Crippen molar-refractivity contribution in [1.82, 2.24) is 10.6 Å². The molecule has 0 saturated carbocycles. The minimum Gasteiger partial charge on any atom is -0.454 e. The molecule has 1 heterocycles. The molecule has 2 rings (SSSR count). The SMILES string of the molecule is CN=C(NCc1ccc(C(N)=O)o1)NC(C)c1ccc(Cl)c(Cl)c1.I. The zero-order valence-electron chi connectivity index (χ0n) is 13.7. The van der Waals surface area contributed by atoms with E-state index in [2.05, 4.69) is 15.6 Å². The van der Waals surface area contributed by atoms with Crippen molar-refractivity contribution >= 4 is 59.0 Å². The summed E-state index contributed by atoms with van der Waals surface area (Å²) >= 11 is 12.0. The molecule has 4 N–H and O–H groups in total. The van der Waals surface area contributed by atoms with Crippen molar-refractivity contribution in [2.24, 2.45) is 10.7 Å².